The molecule has 0 radical (unpaired) electrons. The quantitative estimate of drug-likeness (QED) is 0.516. The molecule has 198 valence electrons. The van der Waals surface area contributed by atoms with Crippen LogP contribution in [0.3, 0.4) is 0 Å². The Hall–Kier alpha value is -3.36. The van der Waals surface area contributed by atoms with Gasteiger partial charge in [-0.05, 0) is 56.0 Å². The molecular formula is C29H32ClN5O3. The highest BCUT2D eigenvalue weighted by atomic mass is 35.5. The third-order valence-corrected chi connectivity index (χ3v) is 8.61. The summed E-state index contributed by atoms with van der Waals surface area (Å²) >= 11 is 6.70. The molecule has 2 fully saturated rings. The highest BCUT2D eigenvalue weighted by Crippen LogP contribution is 2.55. The molecule has 6 rings (SSSR count). The first kappa shape index (κ1) is 24.9. The number of nitrogens with one attached hydrogen (secondary N) is 1. The molecule has 3 heterocycles. The number of hydrogen-bond acceptors (Lipinski definition) is 6. The molecule has 3 unspecified atom stereocenters. The van der Waals surface area contributed by atoms with Crippen molar-refractivity contribution in [1.29, 1.82) is 0 Å². The number of fused-ring (bicyclic) bond motifs is 2. The second-order valence-electron chi connectivity index (χ2n) is 10.6. The minimum absolute atomic E-state index is 0.130. The SMILES string of the molecule is Cc1noc(C)c1CC(=O)Nc1ccc(N2CCN(C3c4ccccc4N(C)C(=O)C4CC43)CC2)c(Cl)c1. The number of halogens is 1. The van der Waals surface area contributed by atoms with Gasteiger partial charge in [0.25, 0.3) is 0 Å². The molecule has 9 heteroatoms. The van der Waals surface area contributed by atoms with Gasteiger partial charge in [-0.15, -0.1) is 0 Å². The van der Waals surface area contributed by atoms with Crippen molar-refractivity contribution in [2.75, 3.05) is 48.3 Å². The second-order valence-corrected chi connectivity index (χ2v) is 11.0. The normalized spacial score (nSPS) is 23.1. The number of carbonyl (C=O) groups is 2. The van der Waals surface area contributed by atoms with E-state index in [-0.39, 0.29) is 30.2 Å². The smallest absolute Gasteiger partial charge is 0.230 e. The zero-order chi connectivity index (χ0) is 26.6. The van der Waals surface area contributed by atoms with Crippen LogP contribution in [0.1, 0.15) is 35.0 Å². The summed E-state index contributed by atoms with van der Waals surface area (Å²) in [5.74, 6) is 1.29. The van der Waals surface area contributed by atoms with Gasteiger partial charge < -0.3 is 19.6 Å². The Morgan fingerprint density at radius 3 is 2.58 bits per heavy atom. The number of amides is 2. The minimum atomic E-state index is -0.136. The first-order valence-corrected chi connectivity index (χ1v) is 13.6. The van der Waals surface area contributed by atoms with E-state index in [0.29, 0.717) is 22.4 Å². The number of hydrogen-bond donors (Lipinski definition) is 1. The first-order chi connectivity index (χ1) is 18.3. The number of carbonyl (C=O) groups excluding carboxylic acids is 2. The van der Waals surface area contributed by atoms with Gasteiger partial charge in [0, 0.05) is 62.1 Å². The lowest BCUT2D eigenvalue weighted by Gasteiger charge is -2.41. The number of nitrogens with zero attached hydrogens (tertiary/aromatic N) is 4. The number of aryl methyl sites for hydroxylation is 2. The van der Waals surface area contributed by atoms with Crippen molar-refractivity contribution in [2.24, 2.45) is 11.8 Å². The molecule has 3 atom stereocenters. The van der Waals surface area contributed by atoms with E-state index in [9.17, 15) is 9.59 Å². The highest BCUT2D eigenvalue weighted by molar-refractivity contribution is 6.33. The lowest BCUT2D eigenvalue weighted by molar-refractivity contribution is -0.120. The number of anilines is 3. The predicted molar refractivity (Wildman–Crippen MR) is 148 cm³/mol. The lowest BCUT2D eigenvalue weighted by Crippen LogP contribution is -2.48. The van der Waals surface area contributed by atoms with E-state index < -0.39 is 0 Å². The van der Waals surface area contributed by atoms with Crippen molar-refractivity contribution in [2.45, 2.75) is 32.7 Å². The van der Waals surface area contributed by atoms with Crippen molar-refractivity contribution in [3.8, 4) is 0 Å². The Morgan fingerprint density at radius 1 is 1.11 bits per heavy atom. The van der Waals surface area contributed by atoms with Crippen LogP contribution < -0.4 is 15.1 Å². The molecule has 3 aliphatic rings. The number of piperazine rings is 1. The number of rotatable bonds is 5. The zero-order valence-electron chi connectivity index (χ0n) is 21.9. The molecule has 1 saturated carbocycles. The summed E-state index contributed by atoms with van der Waals surface area (Å²) in [6.45, 7) is 7.12. The minimum Gasteiger partial charge on any atom is -0.368 e. The Labute approximate surface area is 227 Å². The Bertz CT molecular complexity index is 1380. The fourth-order valence-electron chi connectivity index (χ4n) is 6.16. The van der Waals surface area contributed by atoms with Crippen LogP contribution in [0, 0.1) is 25.7 Å². The van der Waals surface area contributed by atoms with Crippen molar-refractivity contribution in [3.05, 3.63) is 70.1 Å². The topological polar surface area (TPSA) is 81.9 Å². The van der Waals surface area contributed by atoms with Gasteiger partial charge in [0.2, 0.25) is 11.8 Å². The molecule has 0 bridgehead atoms. The fourth-order valence-corrected chi connectivity index (χ4v) is 6.46. The number of aromatic nitrogens is 1. The summed E-state index contributed by atoms with van der Waals surface area (Å²) in [5, 5.41) is 7.47. The summed E-state index contributed by atoms with van der Waals surface area (Å²) in [6.07, 6.45) is 1.17. The molecule has 1 aromatic heterocycles. The zero-order valence-corrected chi connectivity index (χ0v) is 22.7. The Balaban J connectivity index is 1.12. The van der Waals surface area contributed by atoms with Crippen LogP contribution in [0.5, 0.6) is 0 Å². The summed E-state index contributed by atoms with van der Waals surface area (Å²) in [7, 11) is 1.90. The van der Waals surface area contributed by atoms with Crippen LogP contribution in [0.4, 0.5) is 17.1 Å². The molecule has 2 aliphatic heterocycles. The molecule has 2 amide bonds. The standard InChI is InChI=1S/C29H32ClN5O3/c1-17-21(18(2)38-32-17)16-27(36)31-19-8-9-26(24(30)14-19)34-10-12-35(13-11-34)28-20-6-4-5-7-25(20)33(3)29(37)23-15-22(23)28/h4-9,14,22-23,28H,10-13,15-16H2,1-3H3,(H,31,36). The van der Waals surface area contributed by atoms with E-state index in [2.05, 4.69) is 38.5 Å². The second kappa shape index (κ2) is 9.75. The molecule has 1 aliphatic carbocycles. The first-order valence-electron chi connectivity index (χ1n) is 13.2. The molecule has 1 N–H and O–H groups in total. The van der Waals surface area contributed by atoms with Crippen LogP contribution in [-0.4, -0.2) is 55.1 Å². The summed E-state index contributed by atoms with van der Waals surface area (Å²) in [6, 6.07) is 14.3. The van der Waals surface area contributed by atoms with Gasteiger partial charge >= 0.3 is 0 Å². The van der Waals surface area contributed by atoms with Gasteiger partial charge in [0.05, 0.1) is 22.8 Å². The molecule has 38 heavy (non-hydrogen) atoms. The van der Waals surface area contributed by atoms with E-state index in [4.69, 9.17) is 16.1 Å². The predicted octanol–water partition coefficient (Wildman–Crippen LogP) is 4.60. The van der Waals surface area contributed by atoms with E-state index in [1.807, 2.05) is 50.1 Å². The fraction of sp³-hybridized carbons (Fsp3) is 0.414. The third kappa shape index (κ3) is 4.46. The van der Waals surface area contributed by atoms with Gasteiger partial charge in [-0.2, -0.15) is 0 Å². The third-order valence-electron chi connectivity index (χ3n) is 8.31. The van der Waals surface area contributed by atoms with Gasteiger partial charge in [-0.1, -0.05) is 35.0 Å². The van der Waals surface area contributed by atoms with Crippen LogP contribution in [-0.2, 0) is 16.0 Å². The number of para-hydroxylation sites is 1. The average molecular weight is 534 g/mol. The molecular weight excluding hydrogens is 502 g/mol. The van der Waals surface area contributed by atoms with Crippen molar-refractivity contribution < 1.29 is 14.1 Å². The van der Waals surface area contributed by atoms with Gasteiger partial charge in [0.15, 0.2) is 0 Å². The monoisotopic (exact) mass is 533 g/mol. The Kier molecular flexibility index (Phi) is 6.40. The molecule has 3 aromatic rings. The van der Waals surface area contributed by atoms with Crippen LogP contribution in [0.15, 0.2) is 47.0 Å². The van der Waals surface area contributed by atoms with Crippen LogP contribution in [0.25, 0.3) is 0 Å². The van der Waals surface area contributed by atoms with Crippen molar-refractivity contribution >= 4 is 40.5 Å². The summed E-state index contributed by atoms with van der Waals surface area (Å²) < 4.78 is 5.16. The lowest BCUT2D eigenvalue weighted by atomic mass is 9.97. The maximum atomic E-state index is 12.9. The maximum Gasteiger partial charge on any atom is 0.230 e. The molecule has 0 spiro atoms. The van der Waals surface area contributed by atoms with Crippen molar-refractivity contribution in [1.82, 2.24) is 10.1 Å². The van der Waals surface area contributed by atoms with Crippen LogP contribution >= 0.6 is 11.6 Å². The highest BCUT2D eigenvalue weighted by Gasteiger charge is 2.54. The molecule has 8 nitrogen and oxygen atoms in total. The Morgan fingerprint density at radius 2 is 1.87 bits per heavy atom. The van der Waals surface area contributed by atoms with Gasteiger partial charge in [-0.25, -0.2) is 0 Å². The average Bonchev–Trinajstić information content (AvgIpc) is 3.65. The summed E-state index contributed by atoms with van der Waals surface area (Å²) in [4.78, 5) is 32.2. The summed E-state index contributed by atoms with van der Waals surface area (Å²) in [5.41, 5.74) is 5.47. The van der Waals surface area contributed by atoms with E-state index in [1.54, 1.807) is 0 Å². The van der Waals surface area contributed by atoms with E-state index in [0.717, 1.165) is 55.2 Å². The molecule has 2 aromatic carbocycles. The van der Waals surface area contributed by atoms with E-state index >= 15 is 0 Å². The van der Waals surface area contributed by atoms with Gasteiger partial charge in [-0.3, -0.25) is 14.5 Å². The maximum absolute atomic E-state index is 12.9. The largest absolute Gasteiger partial charge is 0.368 e. The molecule has 1 saturated heterocycles. The van der Waals surface area contributed by atoms with Gasteiger partial charge in [0.1, 0.15) is 5.76 Å². The van der Waals surface area contributed by atoms with Crippen molar-refractivity contribution in [3.63, 3.8) is 0 Å². The number of benzene rings is 2. The van der Waals surface area contributed by atoms with E-state index in [1.165, 1.54) is 5.56 Å². The van der Waals surface area contributed by atoms with Crippen LogP contribution in [0.2, 0.25) is 5.02 Å².